The summed E-state index contributed by atoms with van der Waals surface area (Å²) in [5, 5.41) is 3.34. The molecule has 0 amide bonds. The number of ether oxygens (including phenoxy) is 1. The normalized spacial score (nSPS) is 19.3. The van der Waals surface area contributed by atoms with Crippen molar-refractivity contribution in [3.05, 3.63) is 12.4 Å². The second-order valence-electron chi connectivity index (χ2n) is 4.21. The molecule has 0 aliphatic carbocycles. The molecule has 1 atom stereocenters. The summed E-state index contributed by atoms with van der Waals surface area (Å²) in [6.07, 6.45) is 5.45. The number of nitrogen functional groups attached to an aromatic ring is 1. The molecule has 1 saturated heterocycles. The maximum atomic E-state index is 5.58. The van der Waals surface area contributed by atoms with E-state index in [1.54, 1.807) is 12.4 Å². The number of nitrogens with two attached hydrogens (primary N) is 1. The van der Waals surface area contributed by atoms with Crippen LogP contribution in [0.2, 0.25) is 0 Å². The lowest BCUT2D eigenvalue weighted by atomic mass is 9.93. The van der Waals surface area contributed by atoms with Crippen molar-refractivity contribution < 1.29 is 4.74 Å². The van der Waals surface area contributed by atoms with Crippen molar-refractivity contribution in [3.8, 4) is 0 Å². The molecule has 0 bridgehead atoms. The van der Waals surface area contributed by atoms with Gasteiger partial charge in [-0.2, -0.15) is 0 Å². The van der Waals surface area contributed by atoms with Crippen LogP contribution in [0.3, 0.4) is 0 Å². The van der Waals surface area contributed by atoms with E-state index < -0.39 is 0 Å². The predicted molar refractivity (Wildman–Crippen MR) is 63.1 cm³/mol. The van der Waals surface area contributed by atoms with E-state index >= 15 is 0 Å². The van der Waals surface area contributed by atoms with Crippen molar-refractivity contribution >= 4 is 11.6 Å². The van der Waals surface area contributed by atoms with Crippen LogP contribution in [-0.2, 0) is 4.74 Å². The molecular weight excluding hydrogens is 204 g/mol. The van der Waals surface area contributed by atoms with E-state index in [0.29, 0.717) is 17.8 Å². The summed E-state index contributed by atoms with van der Waals surface area (Å²) in [6.45, 7) is 3.89. The van der Waals surface area contributed by atoms with Gasteiger partial charge in [0, 0.05) is 19.3 Å². The summed E-state index contributed by atoms with van der Waals surface area (Å²) < 4.78 is 5.34. The maximum Gasteiger partial charge on any atom is 0.147 e. The SMILES string of the molecule is CC(Nc1cncc(N)n1)C1CCOCC1. The van der Waals surface area contributed by atoms with Crippen LogP contribution >= 0.6 is 0 Å². The molecule has 1 aromatic heterocycles. The third kappa shape index (κ3) is 2.82. The van der Waals surface area contributed by atoms with Gasteiger partial charge in [0.25, 0.3) is 0 Å². The van der Waals surface area contributed by atoms with Crippen LogP contribution in [0.5, 0.6) is 0 Å². The third-order valence-corrected chi connectivity index (χ3v) is 3.00. The molecule has 3 N–H and O–H groups in total. The van der Waals surface area contributed by atoms with E-state index in [2.05, 4.69) is 22.2 Å². The first-order valence-electron chi connectivity index (χ1n) is 5.67. The molecule has 0 saturated carbocycles. The number of anilines is 2. The molecule has 2 rings (SSSR count). The molecule has 0 radical (unpaired) electrons. The zero-order valence-electron chi connectivity index (χ0n) is 9.52. The van der Waals surface area contributed by atoms with E-state index in [9.17, 15) is 0 Å². The first-order chi connectivity index (χ1) is 7.75. The highest BCUT2D eigenvalue weighted by Crippen LogP contribution is 2.21. The standard InChI is InChI=1S/C11H18N4O/c1-8(9-2-4-16-5-3-9)14-11-7-13-6-10(12)15-11/h6-9H,2-5H2,1H3,(H3,12,14,15). The molecule has 1 fully saturated rings. The fourth-order valence-corrected chi connectivity index (χ4v) is 2.02. The lowest BCUT2D eigenvalue weighted by Crippen LogP contribution is -2.31. The molecule has 2 heterocycles. The summed E-state index contributed by atoms with van der Waals surface area (Å²) in [4.78, 5) is 8.19. The van der Waals surface area contributed by atoms with Gasteiger partial charge in [-0.15, -0.1) is 0 Å². The minimum atomic E-state index is 0.375. The monoisotopic (exact) mass is 222 g/mol. The molecule has 88 valence electrons. The van der Waals surface area contributed by atoms with Crippen molar-refractivity contribution in [2.45, 2.75) is 25.8 Å². The molecule has 1 aliphatic heterocycles. The Morgan fingerprint density at radius 1 is 1.44 bits per heavy atom. The van der Waals surface area contributed by atoms with Crippen LogP contribution in [0.25, 0.3) is 0 Å². The van der Waals surface area contributed by atoms with Crippen LogP contribution in [-0.4, -0.2) is 29.2 Å². The third-order valence-electron chi connectivity index (χ3n) is 3.00. The van der Waals surface area contributed by atoms with Crippen molar-refractivity contribution in [3.63, 3.8) is 0 Å². The van der Waals surface area contributed by atoms with Crippen LogP contribution in [0.4, 0.5) is 11.6 Å². The maximum absolute atomic E-state index is 5.58. The number of aromatic nitrogens is 2. The van der Waals surface area contributed by atoms with Gasteiger partial charge in [-0.05, 0) is 25.7 Å². The summed E-state index contributed by atoms with van der Waals surface area (Å²) >= 11 is 0. The Kier molecular flexibility index (Phi) is 3.56. The van der Waals surface area contributed by atoms with Gasteiger partial charge in [0.2, 0.25) is 0 Å². The van der Waals surface area contributed by atoms with Gasteiger partial charge in [-0.25, -0.2) is 4.98 Å². The molecule has 16 heavy (non-hydrogen) atoms. The highest BCUT2D eigenvalue weighted by Gasteiger charge is 2.20. The van der Waals surface area contributed by atoms with Gasteiger partial charge in [-0.3, -0.25) is 4.98 Å². The average Bonchev–Trinajstić information content (AvgIpc) is 2.30. The molecule has 0 spiro atoms. The van der Waals surface area contributed by atoms with Gasteiger partial charge in [0.05, 0.1) is 12.4 Å². The topological polar surface area (TPSA) is 73.1 Å². The van der Waals surface area contributed by atoms with Crippen molar-refractivity contribution in [2.75, 3.05) is 24.3 Å². The summed E-state index contributed by atoms with van der Waals surface area (Å²) in [5.74, 6) is 1.83. The minimum Gasteiger partial charge on any atom is -0.382 e. The van der Waals surface area contributed by atoms with E-state index in [-0.39, 0.29) is 0 Å². The molecule has 1 unspecified atom stereocenters. The summed E-state index contributed by atoms with van der Waals surface area (Å²) in [7, 11) is 0. The Morgan fingerprint density at radius 3 is 2.88 bits per heavy atom. The fraction of sp³-hybridized carbons (Fsp3) is 0.636. The van der Waals surface area contributed by atoms with Gasteiger partial charge >= 0.3 is 0 Å². The summed E-state index contributed by atoms with van der Waals surface area (Å²) in [5.41, 5.74) is 5.58. The van der Waals surface area contributed by atoms with E-state index in [0.717, 1.165) is 31.9 Å². The van der Waals surface area contributed by atoms with E-state index in [4.69, 9.17) is 10.5 Å². The van der Waals surface area contributed by atoms with E-state index in [1.165, 1.54) is 0 Å². The molecule has 5 nitrogen and oxygen atoms in total. The number of hydrogen-bond donors (Lipinski definition) is 2. The number of nitrogens with one attached hydrogen (secondary N) is 1. The molecule has 1 aliphatic rings. The Bertz CT molecular complexity index is 339. The molecule has 1 aromatic rings. The van der Waals surface area contributed by atoms with Gasteiger partial charge in [0.15, 0.2) is 0 Å². The molecule has 0 aromatic carbocycles. The summed E-state index contributed by atoms with van der Waals surface area (Å²) in [6, 6.07) is 0.375. The largest absolute Gasteiger partial charge is 0.382 e. The van der Waals surface area contributed by atoms with Crippen molar-refractivity contribution in [2.24, 2.45) is 5.92 Å². The van der Waals surface area contributed by atoms with Crippen LogP contribution in [0.1, 0.15) is 19.8 Å². The highest BCUT2D eigenvalue weighted by molar-refractivity contribution is 5.39. The van der Waals surface area contributed by atoms with Crippen LogP contribution in [0, 0.1) is 5.92 Å². The van der Waals surface area contributed by atoms with Crippen molar-refractivity contribution in [1.29, 1.82) is 0 Å². The molecule has 5 heteroatoms. The first kappa shape index (κ1) is 11.1. The van der Waals surface area contributed by atoms with Gasteiger partial charge < -0.3 is 15.8 Å². The number of rotatable bonds is 3. The van der Waals surface area contributed by atoms with Crippen LogP contribution < -0.4 is 11.1 Å². The second-order valence-corrected chi connectivity index (χ2v) is 4.21. The quantitative estimate of drug-likeness (QED) is 0.806. The Morgan fingerprint density at radius 2 is 2.19 bits per heavy atom. The predicted octanol–water partition coefficient (Wildman–Crippen LogP) is 1.29. The lowest BCUT2D eigenvalue weighted by molar-refractivity contribution is 0.0622. The zero-order chi connectivity index (χ0) is 11.4. The Labute approximate surface area is 95.4 Å². The smallest absolute Gasteiger partial charge is 0.147 e. The number of hydrogen-bond acceptors (Lipinski definition) is 5. The highest BCUT2D eigenvalue weighted by atomic mass is 16.5. The lowest BCUT2D eigenvalue weighted by Gasteiger charge is -2.28. The van der Waals surface area contributed by atoms with Crippen molar-refractivity contribution in [1.82, 2.24) is 9.97 Å². The van der Waals surface area contributed by atoms with Gasteiger partial charge in [-0.1, -0.05) is 0 Å². The van der Waals surface area contributed by atoms with E-state index in [1.807, 2.05) is 0 Å². The number of nitrogens with zero attached hydrogens (tertiary/aromatic N) is 2. The Hall–Kier alpha value is -1.36. The first-order valence-corrected chi connectivity index (χ1v) is 5.67. The minimum absolute atomic E-state index is 0.375. The second kappa shape index (κ2) is 5.12. The fourth-order valence-electron chi connectivity index (χ4n) is 2.02. The van der Waals surface area contributed by atoms with Crippen LogP contribution in [0.15, 0.2) is 12.4 Å². The zero-order valence-corrected chi connectivity index (χ0v) is 9.52. The van der Waals surface area contributed by atoms with Gasteiger partial charge in [0.1, 0.15) is 11.6 Å². The average molecular weight is 222 g/mol. The Balaban J connectivity index is 1.93. The molecular formula is C11H18N4O.